The highest BCUT2D eigenvalue weighted by molar-refractivity contribution is 7.98. The second kappa shape index (κ2) is 7.09. The van der Waals surface area contributed by atoms with E-state index in [4.69, 9.17) is 10.2 Å². The van der Waals surface area contributed by atoms with Crippen molar-refractivity contribution in [1.29, 1.82) is 0 Å². The minimum atomic E-state index is 0.479. The Morgan fingerprint density at radius 1 is 1.53 bits per heavy atom. The molecule has 3 nitrogen and oxygen atoms in total. The third kappa shape index (κ3) is 4.05. The topological polar surface area (TPSA) is 42.4 Å². The quantitative estimate of drug-likeness (QED) is 0.814. The van der Waals surface area contributed by atoms with E-state index in [1.54, 1.807) is 0 Å². The van der Waals surface area contributed by atoms with Crippen molar-refractivity contribution in [2.24, 2.45) is 5.73 Å². The van der Waals surface area contributed by atoms with Gasteiger partial charge in [-0.3, -0.25) is 4.90 Å². The van der Waals surface area contributed by atoms with Gasteiger partial charge in [0, 0.05) is 23.9 Å². The van der Waals surface area contributed by atoms with Gasteiger partial charge in [0.2, 0.25) is 0 Å². The SMILES string of the molecule is CCC(CSC)N(C)Cc1cc(CN)oc1C. The Labute approximate surface area is 109 Å². The van der Waals surface area contributed by atoms with Crippen molar-refractivity contribution in [2.75, 3.05) is 19.1 Å². The first kappa shape index (κ1) is 14.6. The molecule has 1 aromatic heterocycles. The van der Waals surface area contributed by atoms with Gasteiger partial charge in [0.05, 0.1) is 6.54 Å². The summed E-state index contributed by atoms with van der Waals surface area (Å²) in [6.45, 7) is 5.67. The lowest BCUT2D eigenvalue weighted by atomic mass is 10.2. The fraction of sp³-hybridized carbons (Fsp3) is 0.692. The summed E-state index contributed by atoms with van der Waals surface area (Å²) < 4.78 is 5.58. The summed E-state index contributed by atoms with van der Waals surface area (Å²) in [5.74, 6) is 3.05. The molecule has 0 radical (unpaired) electrons. The Balaban J connectivity index is 2.65. The zero-order valence-corrected chi connectivity index (χ0v) is 12.1. The van der Waals surface area contributed by atoms with Gasteiger partial charge in [0.25, 0.3) is 0 Å². The first-order valence-electron chi connectivity index (χ1n) is 6.09. The minimum Gasteiger partial charge on any atom is -0.465 e. The lowest BCUT2D eigenvalue weighted by Crippen LogP contribution is -2.32. The van der Waals surface area contributed by atoms with E-state index in [1.165, 1.54) is 17.7 Å². The van der Waals surface area contributed by atoms with E-state index >= 15 is 0 Å². The van der Waals surface area contributed by atoms with E-state index in [1.807, 2.05) is 18.7 Å². The molecule has 0 saturated carbocycles. The molecule has 0 aliphatic heterocycles. The van der Waals surface area contributed by atoms with Crippen molar-refractivity contribution in [3.05, 3.63) is 23.2 Å². The zero-order chi connectivity index (χ0) is 12.8. The fourth-order valence-electron chi connectivity index (χ4n) is 1.99. The molecule has 17 heavy (non-hydrogen) atoms. The number of nitrogens with zero attached hydrogens (tertiary/aromatic N) is 1. The monoisotopic (exact) mass is 256 g/mol. The number of nitrogens with two attached hydrogens (primary N) is 1. The van der Waals surface area contributed by atoms with Crippen LogP contribution < -0.4 is 5.73 Å². The highest BCUT2D eigenvalue weighted by atomic mass is 32.2. The average molecular weight is 256 g/mol. The lowest BCUT2D eigenvalue weighted by molar-refractivity contribution is 0.246. The summed E-state index contributed by atoms with van der Waals surface area (Å²) in [6, 6.07) is 2.71. The van der Waals surface area contributed by atoms with Gasteiger partial charge >= 0.3 is 0 Å². The molecule has 4 heteroatoms. The van der Waals surface area contributed by atoms with Crippen LogP contribution in [0.25, 0.3) is 0 Å². The highest BCUT2D eigenvalue weighted by Gasteiger charge is 2.15. The van der Waals surface area contributed by atoms with Gasteiger partial charge in [0.15, 0.2) is 0 Å². The number of hydrogen-bond acceptors (Lipinski definition) is 4. The Kier molecular flexibility index (Phi) is 6.09. The molecule has 1 rings (SSSR count). The molecule has 0 fully saturated rings. The summed E-state index contributed by atoms with van der Waals surface area (Å²) in [4.78, 5) is 2.40. The summed E-state index contributed by atoms with van der Waals surface area (Å²) in [6.07, 6.45) is 3.34. The van der Waals surface area contributed by atoms with E-state index in [9.17, 15) is 0 Å². The predicted octanol–water partition coefficient (Wildman–Crippen LogP) is 2.62. The molecule has 1 aromatic rings. The Morgan fingerprint density at radius 3 is 2.71 bits per heavy atom. The summed E-state index contributed by atoms with van der Waals surface area (Å²) in [7, 11) is 2.18. The van der Waals surface area contributed by atoms with Crippen LogP contribution in [0.1, 0.15) is 30.4 Å². The van der Waals surface area contributed by atoms with Gasteiger partial charge in [-0.05, 0) is 32.7 Å². The molecule has 1 heterocycles. The first-order chi connectivity index (χ1) is 8.12. The van der Waals surface area contributed by atoms with Crippen LogP contribution in [0.15, 0.2) is 10.5 Å². The molecule has 98 valence electrons. The van der Waals surface area contributed by atoms with Crippen LogP contribution >= 0.6 is 11.8 Å². The second-order valence-corrected chi connectivity index (χ2v) is 5.34. The molecule has 0 spiro atoms. The average Bonchev–Trinajstić information content (AvgIpc) is 2.67. The Bertz CT molecular complexity index is 338. The normalized spacial score (nSPS) is 13.3. The van der Waals surface area contributed by atoms with Gasteiger partial charge in [-0.2, -0.15) is 11.8 Å². The van der Waals surface area contributed by atoms with Crippen LogP contribution in [-0.4, -0.2) is 30.0 Å². The third-order valence-corrected chi connectivity index (χ3v) is 3.86. The maximum atomic E-state index is 5.59. The van der Waals surface area contributed by atoms with Crippen LogP contribution in [0.3, 0.4) is 0 Å². The van der Waals surface area contributed by atoms with E-state index in [-0.39, 0.29) is 0 Å². The predicted molar refractivity (Wildman–Crippen MR) is 75.3 cm³/mol. The van der Waals surface area contributed by atoms with Crippen molar-refractivity contribution in [3.8, 4) is 0 Å². The van der Waals surface area contributed by atoms with Crippen LogP contribution in [0.4, 0.5) is 0 Å². The van der Waals surface area contributed by atoms with Crippen molar-refractivity contribution >= 4 is 11.8 Å². The van der Waals surface area contributed by atoms with Crippen LogP contribution in [0.5, 0.6) is 0 Å². The maximum Gasteiger partial charge on any atom is 0.118 e. The van der Waals surface area contributed by atoms with Gasteiger partial charge in [-0.25, -0.2) is 0 Å². The lowest BCUT2D eigenvalue weighted by Gasteiger charge is -2.26. The smallest absolute Gasteiger partial charge is 0.118 e. The zero-order valence-electron chi connectivity index (χ0n) is 11.3. The molecule has 1 atom stereocenters. The highest BCUT2D eigenvalue weighted by Crippen LogP contribution is 2.18. The fourth-order valence-corrected chi connectivity index (χ4v) is 2.87. The Hall–Kier alpha value is -0.450. The van der Waals surface area contributed by atoms with Crippen molar-refractivity contribution in [1.82, 2.24) is 4.90 Å². The molecule has 0 aliphatic rings. The van der Waals surface area contributed by atoms with Crippen molar-refractivity contribution in [2.45, 2.75) is 39.4 Å². The number of thioether (sulfide) groups is 1. The van der Waals surface area contributed by atoms with Crippen LogP contribution in [0.2, 0.25) is 0 Å². The number of rotatable bonds is 7. The van der Waals surface area contributed by atoms with Gasteiger partial charge < -0.3 is 10.2 Å². The second-order valence-electron chi connectivity index (χ2n) is 4.43. The summed E-state index contributed by atoms with van der Waals surface area (Å²) >= 11 is 1.90. The van der Waals surface area contributed by atoms with Gasteiger partial charge in [-0.1, -0.05) is 6.92 Å². The Morgan fingerprint density at radius 2 is 2.24 bits per heavy atom. The first-order valence-corrected chi connectivity index (χ1v) is 7.49. The van der Waals surface area contributed by atoms with E-state index in [0.29, 0.717) is 12.6 Å². The molecule has 2 N–H and O–H groups in total. The third-order valence-electron chi connectivity index (χ3n) is 3.15. The minimum absolute atomic E-state index is 0.479. The molecule has 0 bridgehead atoms. The van der Waals surface area contributed by atoms with Gasteiger partial charge in [0.1, 0.15) is 11.5 Å². The van der Waals surface area contributed by atoms with E-state index < -0.39 is 0 Å². The molecule has 0 saturated heterocycles. The number of aryl methyl sites for hydroxylation is 1. The standard InChI is InChI=1S/C13H24N2OS/c1-5-12(9-17-4)15(3)8-11-6-13(7-14)16-10(11)2/h6,12H,5,7-9,14H2,1-4H3. The molecule has 0 aliphatic carbocycles. The molecule has 0 amide bonds. The van der Waals surface area contributed by atoms with Crippen molar-refractivity contribution < 1.29 is 4.42 Å². The number of furan rings is 1. The summed E-state index contributed by atoms with van der Waals surface area (Å²) in [5, 5.41) is 0. The van der Waals surface area contributed by atoms with Crippen molar-refractivity contribution in [3.63, 3.8) is 0 Å². The van der Waals surface area contributed by atoms with E-state index in [0.717, 1.165) is 18.1 Å². The van der Waals surface area contributed by atoms with E-state index in [2.05, 4.69) is 31.2 Å². The number of hydrogen-bond donors (Lipinski definition) is 1. The maximum absolute atomic E-state index is 5.59. The van der Waals surface area contributed by atoms with Gasteiger partial charge in [-0.15, -0.1) is 0 Å². The van der Waals surface area contributed by atoms with Crippen LogP contribution in [-0.2, 0) is 13.1 Å². The summed E-state index contributed by atoms with van der Waals surface area (Å²) in [5.41, 5.74) is 6.84. The largest absolute Gasteiger partial charge is 0.465 e. The molecular formula is C13H24N2OS. The molecular weight excluding hydrogens is 232 g/mol. The molecule has 0 aromatic carbocycles. The molecule has 1 unspecified atom stereocenters. The van der Waals surface area contributed by atoms with Crippen LogP contribution in [0, 0.1) is 6.92 Å².